The van der Waals surface area contributed by atoms with E-state index in [0.29, 0.717) is 29.7 Å². The molecule has 0 fully saturated rings. The Morgan fingerprint density at radius 2 is 2.04 bits per heavy atom. The van der Waals surface area contributed by atoms with Crippen molar-refractivity contribution in [1.29, 1.82) is 0 Å². The minimum Gasteiger partial charge on any atom is -0.623 e. The predicted molar refractivity (Wildman–Crippen MR) is 103 cm³/mol. The van der Waals surface area contributed by atoms with Crippen molar-refractivity contribution in [2.75, 3.05) is 6.54 Å². The molecule has 0 bridgehead atoms. The molecule has 2 N–H and O–H groups in total. The second-order valence-corrected chi connectivity index (χ2v) is 7.52. The molecule has 0 amide bonds. The number of phenols is 1. The van der Waals surface area contributed by atoms with Crippen molar-refractivity contribution in [2.45, 2.75) is 44.9 Å². The van der Waals surface area contributed by atoms with Crippen LogP contribution in [0.5, 0.6) is 11.5 Å². The largest absolute Gasteiger partial charge is 0.623 e. The smallest absolute Gasteiger partial charge is 0.336 e. The molecule has 28 heavy (non-hydrogen) atoms. The van der Waals surface area contributed by atoms with Gasteiger partial charge >= 0.3 is 5.63 Å². The molecule has 2 aliphatic rings. The van der Waals surface area contributed by atoms with Crippen molar-refractivity contribution >= 4 is 17.0 Å². The number of aliphatic hydroxyl groups is 1. The molecule has 1 aromatic heterocycles. The van der Waals surface area contributed by atoms with Crippen LogP contribution in [0.25, 0.3) is 22.4 Å². The van der Waals surface area contributed by atoms with E-state index in [2.05, 4.69) is 5.32 Å². The summed E-state index contributed by atoms with van der Waals surface area (Å²) in [6, 6.07) is 1.45. The number of hydrogen-bond donors (Lipinski definition) is 2. The molecule has 1 unspecified atom stereocenters. The van der Waals surface area contributed by atoms with Gasteiger partial charge in [-0.15, -0.1) is 12.6 Å². The van der Waals surface area contributed by atoms with E-state index >= 15 is 0 Å². The fourth-order valence-corrected chi connectivity index (χ4v) is 3.72. The maximum absolute atomic E-state index is 12.2. The normalized spacial score (nSPS) is 22.0. The fourth-order valence-electron chi connectivity index (χ4n) is 3.72. The van der Waals surface area contributed by atoms with Gasteiger partial charge in [0.2, 0.25) is 0 Å². The molecule has 0 saturated heterocycles. The summed E-state index contributed by atoms with van der Waals surface area (Å²) in [6.07, 6.45) is 8.27. The van der Waals surface area contributed by atoms with Crippen molar-refractivity contribution < 1.29 is 52.1 Å². The number of aromatic hydroxyl groups is 1. The van der Waals surface area contributed by atoms with Gasteiger partial charge in [-0.05, 0) is 38.0 Å². The van der Waals surface area contributed by atoms with E-state index in [-0.39, 0.29) is 49.6 Å². The number of hydrogen-bond acceptors (Lipinski definition) is 5. The third-order valence-corrected chi connectivity index (χ3v) is 4.93. The molecule has 6 nitrogen and oxygen atoms in total. The van der Waals surface area contributed by atoms with Crippen molar-refractivity contribution in [2.24, 2.45) is 0 Å². The summed E-state index contributed by atoms with van der Waals surface area (Å²) in [5.74, 6) is 0.260. The topological polar surface area (TPSA) is 94.0 Å². The SMILES string of the molecule is CCCc1cc(=O)oc2c(C3(O)C=CC[N-]3)c(O)c3c(c12)OC(C)(C)C=C3.[Y]. The molecule has 2 aliphatic heterocycles. The molecule has 3 heterocycles. The number of ether oxygens (including phenoxy) is 1. The van der Waals surface area contributed by atoms with Crippen LogP contribution in [0.2, 0.25) is 0 Å². The molecule has 2 aromatic rings. The molecule has 1 aromatic carbocycles. The second-order valence-electron chi connectivity index (χ2n) is 7.52. The third kappa shape index (κ3) is 3.37. The minimum atomic E-state index is -1.75. The van der Waals surface area contributed by atoms with Gasteiger partial charge in [0.05, 0.1) is 16.5 Å². The first-order valence-electron chi connectivity index (χ1n) is 9.09. The van der Waals surface area contributed by atoms with Gasteiger partial charge in [0.25, 0.3) is 0 Å². The molecular weight excluding hydrogens is 435 g/mol. The van der Waals surface area contributed by atoms with Crippen molar-refractivity contribution in [3.8, 4) is 11.5 Å². The van der Waals surface area contributed by atoms with Gasteiger partial charge in [0, 0.05) is 44.5 Å². The summed E-state index contributed by atoms with van der Waals surface area (Å²) in [5, 5.41) is 26.8. The zero-order valence-electron chi connectivity index (χ0n) is 16.2. The van der Waals surface area contributed by atoms with Crippen molar-refractivity contribution in [3.63, 3.8) is 0 Å². The Hall–Kier alpha value is -1.47. The Morgan fingerprint density at radius 1 is 1.29 bits per heavy atom. The quantitative estimate of drug-likeness (QED) is 0.541. The summed E-state index contributed by atoms with van der Waals surface area (Å²) >= 11 is 0. The molecule has 0 spiro atoms. The van der Waals surface area contributed by atoms with E-state index in [4.69, 9.17) is 9.15 Å². The van der Waals surface area contributed by atoms with E-state index in [1.165, 1.54) is 12.1 Å². The summed E-state index contributed by atoms with van der Waals surface area (Å²) in [4.78, 5) is 12.2. The number of rotatable bonds is 3. The first kappa shape index (κ1) is 21.2. The molecule has 7 heteroatoms. The third-order valence-electron chi connectivity index (χ3n) is 4.93. The Balaban J connectivity index is 0.00000225. The maximum atomic E-state index is 12.2. The van der Waals surface area contributed by atoms with Crippen molar-refractivity contribution in [3.05, 3.63) is 56.7 Å². The van der Waals surface area contributed by atoms with Crippen LogP contribution in [0.15, 0.2) is 33.5 Å². The fraction of sp³-hybridized carbons (Fsp3) is 0.381. The first-order valence-corrected chi connectivity index (χ1v) is 9.09. The predicted octanol–water partition coefficient (Wildman–Crippen LogP) is 3.72. The van der Waals surface area contributed by atoms with Crippen LogP contribution in [0, 0.1) is 0 Å². The Bertz CT molecular complexity index is 1050. The zero-order valence-corrected chi connectivity index (χ0v) is 19.0. The first-order chi connectivity index (χ1) is 12.8. The number of fused-ring (bicyclic) bond motifs is 3. The van der Waals surface area contributed by atoms with Crippen LogP contribution in [0.1, 0.15) is 43.9 Å². The molecule has 0 aliphatic carbocycles. The van der Waals surface area contributed by atoms with Gasteiger partial charge in [-0.1, -0.05) is 19.4 Å². The maximum Gasteiger partial charge on any atom is 0.336 e. The monoisotopic (exact) mass is 457 g/mol. The molecule has 1 atom stereocenters. The summed E-state index contributed by atoms with van der Waals surface area (Å²) < 4.78 is 11.7. The van der Waals surface area contributed by atoms with Crippen LogP contribution in [-0.4, -0.2) is 22.4 Å². The van der Waals surface area contributed by atoms with Crippen LogP contribution >= 0.6 is 0 Å². The molecule has 0 saturated carbocycles. The van der Waals surface area contributed by atoms with Gasteiger partial charge < -0.3 is 24.7 Å². The van der Waals surface area contributed by atoms with Gasteiger partial charge in [0.15, 0.2) is 5.58 Å². The number of aryl methyl sites for hydroxylation is 1. The summed E-state index contributed by atoms with van der Waals surface area (Å²) in [6.45, 7) is 6.14. The zero-order chi connectivity index (χ0) is 19.4. The van der Waals surface area contributed by atoms with Crippen LogP contribution in [0.3, 0.4) is 0 Å². The Kier molecular flexibility index (Phi) is 5.63. The van der Waals surface area contributed by atoms with Gasteiger partial charge in [0.1, 0.15) is 17.1 Å². The minimum absolute atomic E-state index is 0. The van der Waals surface area contributed by atoms with E-state index in [1.807, 2.05) is 26.8 Å². The van der Waals surface area contributed by atoms with Crippen LogP contribution in [0.4, 0.5) is 0 Å². The standard InChI is InChI=1S/C21H22NO5.Y/c1-4-6-12-11-14(23)26-19-15(12)18-13(7-9-20(2,3)27-18)17(24)16(19)21(25)8-5-10-22-21;/h5,7-9,11,24-25H,4,6,10H2,1-3H3;/q-1;. The van der Waals surface area contributed by atoms with Crippen LogP contribution < -0.4 is 10.4 Å². The summed E-state index contributed by atoms with van der Waals surface area (Å²) in [5.41, 5.74) is -1.47. The number of benzene rings is 1. The Labute approximate surface area is 188 Å². The molecular formula is C21H22NO5Y-. The second kappa shape index (κ2) is 7.41. The van der Waals surface area contributed by atoms with Crippen LogP contribution in [-0.2, 0) is 44.9 Å². The van der Waals surface area contributed by atoms with Gasteiger partial charge in [-0.25, -0.2) is 4.79 Å². The number of phenolic OH excluding ortho intramolecular Hbond substituents is 1. The van der Waals surface area contributed by atoms with E-state index in [0.717, 1.165) is 12.0 Å². The van der Waals surface area contributed by atoms with E-state index < -0.39 is 17.0 Å². The summed E-state index contributed by atoms with van der Waals surface area (Å²) in [7, 11) is 0. The Morgan fingerprint density at radius 3 is 2.68 bits per heavy atom. The van der Waals surface area contributed by atoms with Crippen molar-refractivity contribution in [1.82, 2.24) is 0 Å². The average Bonchev–Trinajstić information content (AvgIpc) is 3.01. The average molecular weight is 457 g/mol. The molecule has 4 rings (SSSR count). The van der Waals surface area contributed by atoms with Gasteiger partial charge in [-0.2, -0.15) is 0 Å². The number of nitrogens with zero attached hydrogens (tertiary/aromatic N) is 1. The van der Waals surface area contributed by atoms with E-state index in [9.17, 15) is 15.0 Å². The van der Waals surface area contributed by atoms with E-state index in [1.54, 1.807) is 12.2 Å². The molecule has 145 valence electrons. The molecule has 1 radical (unpaired) electrons. The van der Waals surface area contributed by atoms with Gasteiger partial charge in [-0.3, -0.25) is 0 Å².